The monoisotopic (exact) mass is 343 g/mol. The van der Waals surface area contributed by atoms with Crippen LogP contribution in [0.5, 0.6) is 0 Å². The van der Waals surface area contributed by atoms with Crippen LogP contribution < -0.4 is 0 Å². The van der Waals surface area contributed by atoms with Gasteiger partial charge in [-0.05, 0) is 46.5 Å². The first-order valence-electron chi connectivity index (χ1n) is 5.98. The minimum absolute atomic E-state index is 0.0441. The Hall–Kier alpha value is -1.14. The SMILES string of the molecule is O=C(O)CC1CCN(C(=O)C=Cc2ccc(Br)s2)C1. The van der Waals surface area contributed by atoms with Gasteiger partial charge in [0.2, 0.25) is 5.91 Å². The lowest BCUT2D eigenvalue weighted by Gasteiger charge is -2.13. The van der Waals surface area contributed by atoms with E-state index in [-0.39, 0.29) is 18.2 Å². The summed E-state index contributed by atoms with van der Waals surface area (Å²) >= 11 is 4.93. The van der Waals surface area contributed by atoms with E-state index in [1.807, 2.05) is 12.1 Å². The second kappa shape index (κ2) is 6.34. The van der Waals surface area contributed by atoms with E-state index >= 15 is 0 Å². The topological polar surface area (TPSA) is 57.6 Å². The van der Waals surface area contributed by atoms with Crippen LogP contribution in [-0.4, -0.2) is 35.0 Å². The van der Waals surface area contributed by atoms with Gasteiger partial charge in [0, 0.05) is 30.5 Å². The number of halogens is 1. The number of hydrogen-bond acceptors (Lipinski definition) is 3. The summed E-state index contributed by atoms with van der Waals surface area (Å²) in [5, 5.41) is 8.73. The number of carboxylic acids is 1. The highest BCUT2D eigenvalue weighted by Crippen LogP contribution is 2.24. The van der Waals surface area contributed by atoms with Crippen molar-refractivity contribution < 1.29 is 14.7 Å². The Labute approximate surface area is 123 Å². The summed E-state index contributed by atoms with van der Waals surface area (Å²) in [6.45, 7) is 1.19. The largest absolute Gasteiger partial charge is 0.481 e. The standard InChI is InChI=1S/C13H14BrNO3S/c14-11-3-1-10(19-11)2-4-12(16)15-6-5-9(8-15)7-13(17)18/h1-4,9H,5-8H2,(H,17,18). The van der Waals surface area contributed by atoms with Gasteiger partial charge in [0.1, 0.15) is 0 Å². The van der Waals surface area contributed by atoms with Crippen LogP contribution in [0, 0.1) is 5.92 Å². The second-order valence-corrected chi connectivity index (χ2v) is 7.01. The molecule has 1 aliphatic heterocycles. The molecule has 0 saturated carbocycles. The van der Waals surface area contributed by atoms with E-state index < -0.39 is 5.97 Å². The van der Waals surface area contributed by atoms with E-state index in [1.165, 1.54) is 0 Å². The van der Waals surface area contributed by atoms with Crippen molar-refractivity contribution in [1.82, 2.24) is 4.90 Å². The molecule has 2 heterocycles. The van der Waals surface area contributed by atoms with E-state index in [1.54, 1.807) is 28.4 Å². The highest BCUT2D eigenvalue weighted by molar-refractivity contribution is 9.11. The molecule has 0 radical (unpaired) electrons. The number of hydrogen-bond donors (Lipinski definition) is 1. The van der Waals surface area contributed by atoms with Gasteiger partial charge >= 0.3 is 5.97 Å². The van der Waals surface area contributed by atoms with Crippen molar-refractivity contribution in [2.75, 3.05) is 13.1 Å². The number of carboxylic acid groups (broad SMARTS) is 1. The summed E-state index contributed by atoms with van der Waals surface area (Å²) in [6, 6.07) is 3.88. The van der Waals surface area contributed by atoms with Gasteiger partial charge < -0.3 is 10.0 Å². The van der Waals surface area contributed by atoms with Crippen molar-refractivity contribution in [3.05, 3.63) is 26.9 Å². The van der Waals surface area contributed by atoms with Gasteiger partial charge in [0.05, 0.1) is 3.79 Å². The van der Waals surface area contributed by atoms with Crippen molar-refractivity contribution in [2.24, 2.45) is 5.92 Å². The van der Waals surface area contributed by atoms with Gasteiger partial charge in [0.15, 0.2) is 0 Å². The molecule has 1 atom stereocenters. The number of carbonyl (C=O) groups is 2. The molecule has 0 aromatic carbocycles. The maximum Gasteiger partial charge on any atom is 0.303 e. The minimum atomic E-state index is -0.793. The van der Waals surface area contributed by atoms with Crippen LogP contribution in [0.2, 0.25) is 0 Å². The molecular formula is C13H14BrNO3S. The fraction of sp³-hybridized carbons (Fsp3) is 0.385. The third-order valence-electron chi connectivity index (χ3n) is 3.04. The number of likely N-dealkylation sites (tertiary alicyclic amines) is 1. The normalized spacial score (nSPS) is 19.2. The first-order chi connectivity index (χ1) is 9.04. The Bertz CT molecular complexity index is 512. The summed E-state index contributed by atoms with van der Waals surface area (Å²) in [5.74, 6) is -0.749. The van der Waals surface area contributed by atoms with Crippen LogP contribution in [0.25, 0.3) is 6.08 Å². The van der Waals surface area contributed by atoms with Crippen molar-refractivity contribution >= 4 is 45.2 Å². The van der Waals surface area contributed by atoms with Crippen LogP contribution >= 0.6 is 27.3 Å². The molecule has 6 heteroatoms. The van der Waals surface area contributed by atoms with Crippen molar-refractivity contribution in [3.63, 3.8) is 0 Å². The van der Waals surface area contributed by atoms with Crippen molar-refractivity contribution in [2.45, 2.75) is 12.8 Å². The van der Waals surface area contributed by atoms with Crippen molar-refractivity contribution in [1.29, 1.82) is 0 Å². The van der Waals surface area contributed by atoms with E-state index in [4.69, 9.17) is 5.11 Å². The molecule has 1 saturated heterocycles. The molecule has 0 aliphatic carbocycles. The summed E-state index contributed by atoms with van der Waals surface area (Å²) in [4.78, 5) is 25.3. The number of aliphatic carboxylic acids is 1. The lowest BCUT2D eigenvalue weighted by atomic mass is 10.1. The zero-order valence-corrected chi connectivity index (χ0v) is 12.6. The molecule has 102 valence electrons. The van der Waals surface area contributed by atoms with E-state index in [0.717, 1.165) is 15.1 Å². The summed E-state index contributed by atoms with van der Waals surface area (Å²) < 4.78 is 1.03. The van der Waals surface area contributed by atoms with E-state index in [2.05, 4.69) is 15.9 Å². The first-order valence-corrected chi connectivity index (χ1v) is 7.59. The number of thiophene rings is 1. The molecule has 1 aromatic rings. The van der Waals surface area contributed by atoms with Gasteiger partial charge in [-0.1, -0.05) is 0 Å². The average molecular weight is 344 g/mol. The Kier molecular flexibility index (Phi) is 4.76. The fourth-order valence-electron chi connectivity index (χ4n) is 2.12. The van der Waals surface area contributed by atoms with Crippen LogP contribution in [0.1, 0.15) is 17.7 Å². The van der Waals surface area contributed by atoms with E-state index in [0.29, 0.717) is 13.1 Å². The predicted molar refractivity (Wildman–Crippen MR) is 78.0 cm³/mol. The zero-order valence-electron chi connectivity index (χ0n) is 10.2. The van der Waals surface area contributed by atoms with Gasteiger partial charge in [-0.15, -0.1) is 11.3 Å². The Morgan fingerprint density at radius 1 is 1.53 bits per heavy atom. The molecule has 1 N–H and O–H groups in total. The molecule has 4 nitrogen and oxygen atoms in total. The predicted octanol–water partition coefficient (Wildman–Crippen LogP) is 2.85. The van der Waals surface area contributed by atoms with Crippen molar-refractivity contribution in [3.8, 4) is 0 Å². The zero-order chi connectivity index (χ0) is 13.8. The van der Waals surface area contributed by atoms with E-state index in [9.17, 15) is 9.59 Å². The summed E-state index contributed by atoms with van der Waals surface area (Å²) in [6.07, 6.45) is 4.27. The molecule has 2 rings (SSSR count). The smallest absolute Gasteiger partial charge is 0.303 e. The molecule has 1 aromatic heterocycles. The fourth-order valence-corrected chi connectivity index (χ4v) is 3.45. The first kappa shape index (κ1) is 14.3. The van der Waals surface area contributed by atoms with Crippen LogP contribution in [-0.2, 0) is 9.59 Å². The highest BCUT2D eigenvalue weighted by Gasteiger charge is 2.26. The third-order valence-corrected chi connectivity index (χ3v) is 4.63. The number of carbonyl (C=O) groups excluding carboxylic acids is 1. The quantitative estimate of drug-likeness (QED) is 0.855. The summed E-state index contributed by atoms with van der Waals surface area (Å²) in [7, 11) is 0. The molecule has 1 unspecified atom stereocenters. The molecule has 1 aliphatic rings. The molecular weight excluding hydrogens is 330 g/mol. The van der Waals surface area contributed by atoms with Gasteiger partial charge in [-0.25, -0.2) is 0 Å². The third kappa shape index (κ3) is 4.18. The maximum atomic E-state index is 11.9. The molecule has 0 spiro atoms. The Balaban J connectivity index is 1.87. The lowest BCUT2D eigenvalue weighted by molar-refractivity contribution is -0.138. The average Bonchev–Trinajstić information content (AvgIpc) is 2.95. The molecule has 0 bridgehead atoms. The number of nitrogens with zero attached hydrogens (tertiary/aromatic N) is 1. The highest BCUT2D eigenvalue weighted by atomic mass is 79.9. The van der Waals surface area contributed by atoms with Gasteiger partial charge in [0.25, 0.3) is 0 Å². The summed E-state index contributed by atoms with van der Waals surface area (Å²) in [5.41, 5.74) is 0. The van der Waals surface area contributed by atoms with Gasteiger partial charge in [-0.3, -0.25) is 9.59 Å². The molecule has 19 heavy (non-hydrogen) atoms. The Morgan fingerprint density at radius 3 is 2.95 bits per heavy atom. The second-order valence-electron chi connectivity index (χ2n) is 4.51. The van der Waals surface area contributed by atoms with Crippen LogP contribution in [0.3, 0.4) is 0 Å². The van der Waals surface area contributed by atoms with Crippen LogP contribution in [0.4, 0.5) is 0 Å². The molecule has 1 amide bonds. The van der Waals surface area contributed by atoms with Gasteiger partial charge in [-0.2, -0.15) is 0 Å². The Morgan fingerprint density at radius 2 is 2.32 bits per heavy atom. The number of rotatable bonds is 4. The number of amides is 1. The van der Waals surface area contributed by atoms with Crippen LogP contribution in [0.15, 0.2) is 22.0 Å². The maximum absolute atomic E-state index is 11.9. The lowest BCUT2D eigenvalue weighted by Crippen LogP contribution is -2.27. The molecule has 1 fully saturated rings. The minimum Gasteiger partial charge on any atom is -0.481 e.